The minimum atomic E-state index is -0.522. The number of hydrogen-bond donors (Lipinski definition) is 1. The summed E-state index contributed by atoms with van der Waals surface area (Å²) in [5.41, 5.74) is 6.25. The van der Waals surface area contributed by atoms with Crippen LogP contribution in [-0.2, 0) is 0 Å². The first-order chi connectivity index (χ1) is 7.16. The molecule has 0 bridgehead atoms. The fourth-order valence-electron chi connectivity index (χ4n) is 1.19. The van der Waals surface area contributed by atoms with Crippen LogP contribution < -0.4 is 5.73 Å². The number of halogens is 1. The van der Waals surface area contributed by atoms with Gasteiger partial charge in [0.1, 0.15) is 5.69 Å². The Hall–Kier alpha value is -1.62. The Kier molecular flexibility index (Phi) is 2.55. The quantitative estimate of drug-likeness (QED) is 0.899. The van der Waals surface area contributed by atoms with E-state index in [1.165, 1.54) is 0 Å². The monoisotopic (exact) mass is 265 g/mol. The molecule has 0 aliphatic rings. The third-order valence-corrected chi connectivity index (χ3v) is 2.46. The van der Waals surface area contributed by atoms with Crippen molar-refractivity contribution in [2.24, 2.45) is 5.73 Å². The number of primary amides is 1. The van der Waals surface area contributed by atoms with Crippen LogP contribution in [0.25, 0.3) is 5.69 Å². The van der Waals surface area contributed by atoms with Gasteiger partial charge in [-0.1, -0.05) is 15.9 Å². The molecule has 1 amide bonds. The van der Waals surface area contributed by atoms with Gasteiger partial charge in [0, 0.05) is 10.7 Å². The van der Waals surface area contributed by atoms with Crippen LogP contribution in [-0.4, -0.2) is 15.7 Å². The van der Waals surface area contributed by atoms with Crippen LogP contribution in [0.5, 0.6) is 0 Å². The first-order valence-corrected chi connectivity index (χ1v) is 5.07. The van der Waals surface area contributed by atoms with Crippen molar-refractivity contribution in [2.75, 3.05) is 0 Å². The third-order valence-electron chi connectivity index (χ3n) is 1.93. The Balaban J connectivity index is 2.37. The molecule has 2 aromatic rings. The van der Waals surface area contributed by atoms with Crippen molar-refractivity contribution in [1.29, 1.82) is 0 Å². The van der Waals surface area contributed by atoms with Gasteiger partial charge in [-0.25, -0.2) is 4.68 Å². The number of carbonyl (C=O) groups is 1. The molecule has 5 heteroatoms. The topological polar surface area (TPSA) is 60.9 Å². The molecule has 2 rings (SSSR count). The Morgan fingerprint density at radius 3 is 2.47 bits per heavy atom. The molecule has 0 saturated carbocycles. The van der Waals surface area contributed by atoms with Crippen molar-refractivity contribution in [1.82, 2.24) is 9.78 Å². The van der Waals surface area contributed by atoms with Crippen LogP contribution in [0.3, 0.4) is 0 Å². The number of carbonyl (C=O) groups excluding carboxylic acids is 1. The highest BCUT2D eigenvalue weighted by Gasteiger charge is 2.05. The van der Waals surface area contributed by atoms with Gasteiger partial charge in [0.25, 0.3) is 5.91 Å². The number of hydrogen-bond acceptors (Lipinski definition) is 2. The van der Waals surface area contributed by atoms with Crippen molar-refractivity contribution >= 4 is 21.8 Å². The SMILES string of the molecule is NC(=O)c1ccn(-c2ccc(Br)cc2)n1. The Morgan fingerprint density at radius 1 is 1.27 bits per heavy atom. The number of benzene rings is 1. The first kappa shape index (κ1) is 9.92. The molecule has 0 aliphatic carbocycles. The minimum Gasteiger partial charge on any atom is -0.364 e. The van der Waals surface area contributed by atoms with Crippen molar-refractivity contribution in [3.05, 3.63) is 46.7 Å². The standard InChI is InChI=1S/C10H8BrN3O/c11-7-1-3-8(4-2-7)14-6-5-9(13-14)10(12)15/h1-6H,(H2,12,15). The van der Waals surface area contributed by atoms with E-state index in [9.17, 15) is 4.79 Å². The van der Waals surface area contributed by atoms with Gasteiger partial charge < -0.3 is 5.73 Å². The number of aromatic nitrogens is 2. The lowest BCUT2D eigenvalue weighted by Crippen LogP contribution is -2.12. The van der Waals surface area contributed by atoms with E-state index in [1.807, 2.05) is 24.3 Å². The Bertz CT molecular complexity index is 490. The van der Waals surface area contributed by atoms with E-state index < -0.39 is 5.91 Å². The predicted octanol–water partition coefficient (Wildman–Crippen LogP) is 1.73. The van der Waals surface area contributed by atoms with E-state index >= 15 is 0 Å². The fraction of sp³-hybridized carbons (Fsp3) is 0. The smallest absolute Gasteiger partial charge is 0.269 e. The van der Waals surface area contributed by atoms with E-state index in [0.717, 1.165) is 10.2 Å². The van der Waals surface area contributed by atoms with E-state index in [2.05, 4.69) is 21.0 Å². The maximum atomic E-state index is 10.8. The van der Waals surface area contributed by atoms with Crippen LogP contribution in [0.4, 0.5) is 0 Å². The highest BCUT2D eigenvalue weighted by atomic mass is 79.9. The van der Waals surface area contributed by atoms with Crippen molar-refractivity contribution in [3.63, 3.8) is 0 Å². The average Bonchev–Trinajstić information content (AvgIpc) is 2.68. The van der Waals surface area contributed by atoms with Crippen LogP contribution >= 0.6 is 15.9 Å². The van der Waals surface area contributed by atoms with E-state index in [4.69, 9.17) is 5.73 Å². The minimum absolute atomic E-state index is 0.262. The zero-order chi connectivity index (χ0) is 10.8. The number of nitrogens with two attached hydrogens (primary N) is 1. The van der Waals surface area contributed by atoms with Crippen LogP contribution in [0.15, 0.2) is 41.0 Å². The molecular formula is C10H8BrN3O. The lowest BCUT2D eigenvalue weighted by atomic mass is 10.3. The summed E-state index contributed by atoms with van der Waals surface area (Å²) < 4.78 is 2.60. The molecule has 0 saturated heterocycles. The van der Waals surface area contributed by atoms with Crippen molar-refractivity contribution < 1.29 is 4.79 Å². The normalized spacial score (nSPS) is 10.2. The first-order valence-electron chi connectivity index (χ1n) is 4.28. The molecule has 4 nitrogen and oxygen atoms in total. The summed E-state index contributed by atoms with van der Waals surface area (Å²) in [5, 5.41) is 4.04. The lowest BCUT2D eigenvalue weighted by Gasteiger charge is -2.00. The Labute approximate surface area is 94.8 Å². The lowest BCUT2D eigenvalue weighted by molar-refractivity contribution is 0.0995. The highest BCUT2D eigenvalue weighted by Crippen LogP contribution is 2.13. The molecule has 2 N–H and O–H groups in total. The van der Waals surface area contributed by atoms with Crippen molar-refractivity contribution in [3.8, 4) is 5.69 Å². The largest absolute Gasteiger partial charge is 0.364 e. The van der Waals surface area contributed by atoms with Gasteiger partial charge in [0.15, 0.2) is 0 Å². The number of nitrogens with zero attached hydrogens (tertiary/aromatic N) is 2. The molecule has 1 aromatic heterocycles. The second-order valence-electron chi connectivity index (χ2n) is 2.99. The molecular weight excluding hydrogens is 258 g/mol. The molecule has 0 atom stereocenters. The molecule has 1 aromatic carbocycles. The maximum absolute atomic E-state index is 10.8. The summed E-state index contributed by atoms with van der Waals surface area (Å²) in [6.07, 6.45) is 1.70. The Morgan fingerprint density at radius 2 is 1.93 bits per heavy atom. The predicted molar refractivity (Wildman–Crippen MR) is 59.8 cm³/mol. The molecule has 0 spiro atoms. The molecule has 76 valence electrons. The van der Waals surface area contributed by atoms with E-state index in [-0.39, 0.29) is 5.69 Å². The molecule has 0 radical (unpaired) electrons. The number of amides is 1. The van der Waals surface area contributed by atoms with Gasteiger partial charge in [-0.3, -0.25) is 4.79 Å². The summed E-state index contributed by atoms with van der Waals surface area (Å²) in [5.74, 6) is -0.522. The second-order valence-corrected chi connectivity index (χ2v) is 3.90. The van der Waals surface area contributed by atoms with Gasteiger partial charge in [-0.2, -0.15) is 5.10 Å². The number of rotatable bonds is 2. The summed E-state index contributed by atoms with van der Waals surface area (Å²) in [7, 11) is 0. The summed E-state index contributed by atoms with van der Waals surface area (Å²) in [6.45, 7) is 0. The fourth-order valence-corrected chi connectivity index (χ4v) is 1.46. The zero-order valence-electron chi connectivity index (χ0n) is 7.72. The second kappa shape index (κ2) is 3.86. The van der Waals surface area contributed by atoms with Gasteiger partial charge in [-0.15, -0.1) is 0 Å². The van der Waals surface area contributed by atoms with Crippen LogP contribution in [0.2, 0.25) is 0 Å². The molecule has 15 heavy (non-hydrogen) atoms. The molecule has 0 aliphatic heterocycles. The van der Waals surface area contributed by atoms with E-state index in [0.29, 0.717) is 0 Å². The molecule has 0 unspecified atom stereocenters. The van der Waals surface area contributed by atoms with Crippen LogP contribution in [0.1, 0.15) is 10.5 Å². The zero-order valence-corrected chi connectivity index (χ0v) is 9.31. The highest BCUT2D eigenvalue weighted by molar-refractivity contribution is 9.10. The van der Waals surface area contributed by atoms with Gasteiger partial charge in [-0.05, 0) is 30.3 Å². The summed E-state index contributed by atoms with van der Waals surface area (Å²) in [4.78, 5) is 10.8. The van der Waals surface area contributed by atoms with Gasteiger partial charge in [0.2, 0.25) is 0 Å². The maximum Gasteiger partial charge on any atom is 0.269 e. The molecule has 1 heterocycles. The summed E-state index contributed by atoms with van der Waals surface area (Å²) >= 11 is 3.34. The van der Waals surface area contributed by atoms with Gasteiger partial charge in [0.05, 0.1) is 5.69 Å². The summed E-state index contributed by atoms with van der Waals surface area (Å²) in [6, 6.07) is 9.18. The average molecular weight is 266 g/mol. The van der Waals surface area contributed by atoms with Gasteiger partial charge >= 0.3 is 0 Å². The van der Waals surface area contributed by atoms with Crippen molar-refractivity contribution in [2.45, 2.75) is 0 Å². The molecule has 0 fully saturated rings. The van der Waals surface area contributed by atoms with E-state index in [1.54, 1.807) is 16.9 Å². The van der Waals surface area contributed by atoms with Crippen LogP contribution in [0, 0.1) is 0 Å². The third kappa shape index (κ3) is 2.07.